The summed E-state index contributed by atoms with van der Waals surface area (Å²) in [6.07, 6.45) is 7.64. The average Bonchev–Trinajstić information content (AvgIpc) is 3.36. The lowest BCUT2D eigenvalue weighted by Crippen LogP contribution is -2.40. The number of nitrogens with zero attached hydrogens (tertiary/aromatic N) is 3. The van der Waals surface area contributed by atoms with Gasteiger partial charge in [-0.3, -0.25) is 4.79 Å². The van der Waals surface area contributed by atoms with Crippen LogP contribution in [0.1, 0.15) is 65.7 Å². The molecule has 4 rings (SSSR count). The van der Waals surface area contributed by atoms with Crippen LogP contribution in [0, 0.1) is 6.92 Å². The lowest BCUT2D eigenvalue weighted by molar-refractivity contribution is 0.0916. The Kier molecular flexibility index (Phi) is 5.07. The standard InChI is InChI=1S/C19H24N4O4/c1-12-8-16(13-6-7-26-9-13)27-19(25)17(12)18(24)22-14-2-4-15(5-3-14)23-11-20-10-21-23/h8,10-11,13-15H,2-7,9H2,1H3,(H,22,24). The Morgan fingerprint density at radius 2 is 2.07 bits per heavy atom. The number of carbonyl (C=O) groups excluding carboxylic acids is 1. The van der Waals surface area contributed by atoms with Crippen LogP contribution in [0.3, 0.4) is 0 Å². The third-order valence-corrected chi connectivity index (χ3v) is 5.57. The van der Waals surface area contributed by atoms with Gasteiger partial charge in [-0.2, -0.15) is 5.10 Å². The van der Waals surface area contributed by atoms with Gasteiger partial charge in [0.15, 0.2) is 0 Å². The summed E-state index contributed by atoms with van der Waals surface area (Å²) in [4.78, 5) is 29.1. The third-order valence-electron chi connectivity index (χ3n) is 5.57. The normalized spacial score (nSPS) is 25.4. The van der Waals surface area contributed by atoms with E-state index in [4.69, 9.17) is 9.15 Å². The highest BCUT2D eigenvalue weighted by atomic mass is 16.5. The van der Waals surface area contributed by atoms with E-state index in [1.165, 1.54) is 6.33 Å². The van der Waals surface area contributed by atoms with Gasteiger partial charge in [-0.15, -0.1) is 0 Å². The van der Waals surface area contributed by atoms with Gasteiger partial charge in [-0.05, 0) is 50.7 Å². The Bertz CT molecular complexity index is 847. The van der Waals surface area contributed by atoms with E-state index in [-0.39, 0.29) is 23.4 Å². The Morgan fingerprint density at radius 3 is 2.70 bits per heavy atom. The first-order valence-corrected chi connectivity index (χ1v) is 9.49. The van der Waals surface area contributed by atoms with E-state index in [1.54, 1.807) is 19.3 Å². The molecule has 1 saturated carbocycles. The molecule has 2 aliphatic rings. The predicted molar refractivity (Wildman–Crippen MR) is 96.7 cm³/mol. The van der Waals surface area contributed by atoms with Crippen molar-refractivity contribution >= 4 is 5.91 Å². The van der Waals surface area contributed by atoms with Crippen molar-refractivity contribution in [3.63, 3.8) is 0 Å². The smallest absolute Gasteiger partial charge is 0.349 e. The van der Waals surface area contributed by atoms with E-state index in [2.05, 4.69) is 15.4 Å². The van der Waals surface area contributed by atoms with Crippen LogP contribution in [0.25, 0.3) is 0 Å². The molecule has 144 valence electrons. The summed E-state index contributed by atoms with van der Waals surface area (Å²) in [5.41, 5.74) is 0.198. The molecule has 1 saturated heterocycles. The molecule has 3 heterocycles. The van der Waals surface area contributed by atoms with Crippen LogP contribution < -0.4 is 10.9 Å². The van der Waals surface area contributed by atoms with E-state index in [0.717, 1.165) is 32.1 Å². The van der Waals surface area contributed by atoms with Crippen LogP contribution in [0.5, 0.6) is 0 Å². The van der Waals surface area contributed by atoms with Gasteiger partial charge in [0, 0.05) is 18.6 Å². The lowest BCUT2D eigenvalue weighted by atomic mass is 9.91. The zero-order valence-corrected chi connectivity index (χ0v) is 15.4. The van der Waals surface area contributed by atoms with Gasteiger partial charge in [-0.1, -0.05) is 0 Å². The topological polar surface area (TPSA) is 99.2 Å². The Hall–Kier alpha value is -2.48. The second-order valence-electron chi connectivity index (χ2n) is 7.41. The lowest BCUT2D eigenvalue weighted by Gasteiger charge is -2.29. The van der Waals surface area contributed by atoms with Crippen LogP contribution in [0.2, 0.25) is 0 Å². The monoisotopic (exact) mass is 372 g/mol. The molecule has 1 aliphatic carbocycles. The molecule has 0 radical (unpaired) electrons. The molecule has 0 aromatic carbocycles. The Morgan fingerprint density at radius 1 is 1.26 bits per heavy atom. The summed E-state index contributed by atoms with van der Waals surface area (Å²) >= 11 is 0. The minimum absolute atomic E-state index is 0.0546. The zero-order valence-electron chi connectivity index (χ0n) is 15.4. The molecule has 8 nitrogen and oxygen atoms in total. The van der Waals surface area contributed by atoms with E-state index in [9.17, 15) is 9.59 Å². The van der Waals surface area contributed by atoms with Crippen molar-refractivity contribution in [1.29, 1.82) is 0 Å². The molecular weight excluding hydrogens is 348 g/mol. The Labute approximate surface area is 156 Å². The third kappa shape index (κ3) is 3.80. The van der Waals surface area contributed by atoms with E-state index < -0.39 is 5.63 Å². The molecule has 27 heavy (non-hydrogen) atoms. The number of aryl methyl sites for hydroxylation is 1. The molecule has 2 fully saturated rings. The molecule has 1 N–H and O–H groups in total. The molecule has 1 amide bonds. The summed E-state index contributed by atoms with van der Waals surface area (Å²) in [7, 11) is 0. The maximum absolute atomic E-state index is 12.7. The molecule has 0 spiro atoms. The summed E-state index contributed by atoms with van der Waals surface area (Å²) in [6, 6.07) is 2.18. The number of amides is 1. The number of ether oxygens (including phenoxy) is 1. The average molecular weight is 372 g/mol. The molecule has 8 heteroatoms. The van der Waals surface area contributed by atoms with Gasteiger partial charge in [0.1, 0.15) is 24.0 Å². The van der Waals surface area contributed by atoms with Gasteiger partial charge < -0.3 is 14.5 Å². The van der Waals surface area contributed by atoms with Gasteiger partial charge in [0.25, 0.3) is 5.91 Å². The van der Waals surface area contributed by atoms with Crippen molar-refractivity contribution in [1.82, 2.24) is 20.1 Å². The van der Waals surface area contributed by atoms with Crippen molar-refractivity contribution in [3.05, 3.63) is 46.0 Å². The summed E-state index contributed by atoms with van der Waals surface area (Å²) in [5.74, 6) is 0.361. The molecule has 2 aromatic heterocycles. The zero-order chi connectivity index (χ0) is 18.8. The predicted octanol–water partition coefficient (Wildman–Crippen LogP) is 1.96. The number of rotatable bonds is 4. The van der Waals surface area contributed by atoms with Crippen molar-refractivity contribution in [2.24, 2.45) is 0 Å². The highest BCUT2D eigenvalue weighted by molar-refractivity contribution is 5.95. The van der Waals surface area contributed by atoms with Crippen molar-refractivity contribution < 1.29 is 13.9 Å². The van der Waals surface area contributed by atoms with Crippen molar-refractivity contribution in [3.8, 4) is 0 Å². The van der Waals surface area contributed by atoms with Crippen molar-refractivity contribution in [2.45, 2.75) is 57.0 Å². The number of hydrogen-bond acceptors (Lipinski definition) is 6. The summed E-state index contributed by atoms with van der Waals surface area (Å²) in [6.45, 7) is 3.02. The van der Waals surface area contributed by atoms with Gasteiger partial charge in [0.2, 0.25) is 0 Å². The Balaban J connectivity index is 1.40. The van der Waals surface area contributed by atoms with Crippen LogP contribution in [0.15, 0.2) is 27.9 Å². The second kappa shape index (κ2) is 7.64. The molecule has 1 atom stereocenters. The molecular formula is C19H24N4O4. The minimum atomic E-state index is -0.564. The molecule has 0 bridgehead atoms. The first-order chi connectivity index (χ1) is 13.1. The number of nitrogens with one attached hydrogen (secondary N) is 1. The fourth-order valence-electron chi connectivity index (χ4n) is 4.01. The van der Waals surface area contributed by atoms with E-state index in [1.807, 2.05) is 4.68 Å². The fourth-order valence-corrected chi connectivity index (χ4v) is 4.01. The first kappa shape index (κ1) is 17.9. The minimum Gasteiger partial charge on any atom is -0.427 e. The number of carbonyl (C=O) groups is 1. The largest absolute Gasteiger partial charge is 0.427 e. The van der Waals surface area contributed by atoms with Crippen LogP contribution in [-0.2, 0) is 4.74 Å². The van der Waals surface area contributed by atoms with E-state index in [0.29, 0.717) is 30.6 Å². The quantitative estimate of drug-likeness (QED) is 0.881. The van der Waals surface area contributed by atoms with Crippen molar-refractivity contribution in [2.75, 3.05) is 13.2 Å². The number of aromatic nitrogens is 3. The van der Waals surface area contributed by atoms with Gasteiger partial charge in [-0.25, -0.2) is 14.5 Å². The molecule has 1 unspecified atom stereocenters. The van der Waals surface area contributed by atoms with Crippen LogP contribution in [-0.4, -0.2) is 39.9 Å². The first-order valence-electron chi connectivity index (χ1n) is 9.49. The maximum atomic E-state index is 12.7. The van der Waals surface area contributed by atoms with Crippen LogP contribution in [0.4, 0.5) is 0 Å². The maximum Gasteiger partial charge on any atom is 0.349 e. The SMILES string of the molecule is Cc1cc(C2CCOC2)oc(=O)c1C(=O)NC1CCC(n2cncn2)CC1. The fraction of sp³-hybridized carbons (Fsp3) is 0.579. The highest BCUT2D eigenvalue weighted by Gasteiger charge is 2.27. The van der Waals surface area contributed by atoms with Gasteiger partial charge >= 0.3 is 5.63 Å². The molecule has 1 aliphatic heterocycles. The van der Waals surface area contributed by atoms with Gasteiger partial charge in [0.05, 0.1) is 12.6 Å². The van der Waals surface area contributed by atoms with Crippen LogP contribution >= 0.6 is 0 Å². The van der Waals surface area contributed by atoms with E-state index >= 15 is 0 Å². The summed E-state index contributed by atoms with van der Waals surface area (Å²) in [5, 5.41) is 7.20. The molecule has 2 aromatic rings. The second-order valence-corrected chi connectivity index (χ2v) is 7.41. The highest BCUT2D eigenvalue weighted by Crippen LogP contribution is 2.28. The number of hydrogen-bond donors (Lipinski definition) is 1. The summed E-state index contributed by atoms with van der Waals surface area (Å²) < 4.78 is 12.7.